The zero-order valence-electron chi connectivity index (χ0n) is 7.19. The summed E-state index contributed by atoms with van der Waals surface area (Å²) in [5, 5.41) is 0. The lowest BCUT2D eigenvalue weighted by Crippen LogP contribution is -1.95. The van der Waals surface area contributed by atoms with Gasteiger partial charge in [-0.3, -0.25) is 0 Å². The van der Waals surface area contributed by atoms with Crippen LogP contribution in [0.25, 0.3) is 0 Å². The van der Waals surface area contributed by atoms with Gasteiger partial charge in [0.15, 0.2) is 0 Å². The molecule has 0 fully saturated rings. The van der Waals surface area contributed by atoms with Gasteiger partial charge in [-0.1, -0.05) is 42.0 Å². The first-order valence-electron chi connectivity index (χ1n) is 4.07. The Labute approximate surface area is 82.4 Å². The first-order valence-corrected chi connectivity index (χ1v) is 5.32. The molecule has 0 heterocycles. The quantitative estimate of drug-likeness (QED) is 0.660. The summed E-state index contributed by atoms with van der Waals surface area (Å²) in [6.07, 6.45) is 4.34. The van der Waals surface area contributed by atoms with Gasteiger partial charge in [0, 0.05) is 0 Å². The second-order valence-corrected chi connectivity index (χ2v) is 3.73. The Morgan fingerprint density at radius 1 is 1.36 bits per heavy atom. The molecule has 0 aromatic heterocycles. The van der Waals surface area contributed by atoms with Crippen LogP contribution >= 0.6 is 22.6 Å². The molecular weight excluding hydrogens is 254 g/mol. The van der Waals surface area contributed by atoms with E-state index in [0.29, 0.717) is 12.3 Å². The van der Waals surface area contributed by atoms with Crippen LogP contribution < -0.4 is 0 Å². The van der Waals surface area contributed by atoms with Gasteiger partial charge in [-0.15, -0.1) is 0 Å². The molecule has 0 bridgehead atoms. The standard InChI is InChI=1S/C9H16FI/c1-8(6-7-11)4-3-5-9(2)10/h6-9H,3-5H2,1-2H3/b7-6+/t8-,9-/m1/s1. The molecule has 11 heavy (non-hydrogen) atoms. The summed E-state index contributed by atoms with van der Waals surface area (Å²) >= 11 is 2.21. The molecule has 0 saturated carbocycles. The molecule has 0 aliphatic rings. The summed E-state index contributed by atoms with van der Waals surface area (Å²) in [5.74, 6) is 0.602. The van der Waals surface area contributed by atoms with Gasteiger partial charge in [0.05, 0.1) is 6.17 Å². The SMILES string of the molecule is C[C@@H](F)CCC[C@@H](C)/C=C/I. The highest BCUT2D eigenvalue weighted by molar-refractivity contribution is 14.1. The Kier molecular flexibility index (Phi) is 7.33. The van der Waals surface area contributed by atoms with Crippen molar-refractivity contribution in [1.82, 2.24) is 0 Å². The second kappa shape index (κ2) is 7.07. The van der Waals surface area contributed by atoms with E-state index in [9.17, 15) is 4.39 Å². The van der Waals surface area contributed by atoms with Gasteiger partial charge in [-0.05, 0) is 29.8 Å². The van der Waals surface area contributed by atoms with Gasteiger partial charge in [0.1, 0.15) is 0 Å². The number of halogens is 2. The average Bonchev–Trinajstić information content (AvgIpc) is 1.87. The number of hydrogen-bond acceptors (Lipinski definition) is 0. The summed E-state index contributed by atoms with van der Waals surface area (Å²) < 4.78 is 14.3. The van der Waals surface area contributed by atoms with E-state index in [4.69, 9.17) is 0 Å². The molecule has 0 aromatic carbocycles. The minimum Gasteiger partial charge on any atom is -0.248 e. The molecule has 0 nitrogen and oxygen atoms in total. The van der Waals surface area contributed by atoms with Gasteiger partial charge < -0.3 is 0 Å². The third kappa shape index (κ3) is 8.30. The highest BCUT2D eigenvalue weighted by Gasteiger charge is 2.00. The fourth-order valence-corrected chi connectivity index (χ4v) is 1.65. The molecule has 0 aliphatic heterocycles. The fourth-order valence-electron chi connectivity index (χ4n) is 0.942. The molecule has 0 N–H and O–H groups in total. The van der Waals surface area contributed by atoms with Gasteiger partial charge in [-0.2, -0.15) is 0 Å². The highest BCUT2D eigenvalue weighted by Crippen LogP contribution is 2.12. The van der Waals surface area contributed by atoms with Crippen molar-refractivity contribution in [3.63, 3.8) is 0 Å². The summed E-state index contributed by atoms with van der Waals surface area (Å²) in [5.41, 5.74) is 0. The Balaban J connectivity index is 3.24. The molecule has 0 aromatic rings. The monoisotopic (exact) mass is 270 g/mol. The summed E-state index contributed by atoms with van der Waals surface area (Å²) in [6, 6.07) is 0. The van der Waals surface area contributed by atoms with E-state index in [1.165, 1.54) is 0 Å². The lowest BCUT2D eigenvalue weighted by Gasteiger charge is -2.05. The molecule has 0 amide bonds. The van der Waals surface area contributed by atoms with Crippen LogP contribution in [-0.4, -0.2) is 6.17 Å². The van der Waals surface area contributed by atoms with Crippen LogP contribution in [0.1, 0.15) is 33.1 Å². The first-order chi connectivity index (χ1) is 5.16. The lowest BCUT2D eigenvalue weighted by molar-refractivity contribution is 0.327. The van der Waals surface area contributed by atoms with E-state index in [1.807, 2.05) is 4.08 Å². The van der Waals surface area contributed by atoms with Gasteiger partial charge in [0.2, 0.25) is 0 Å². The largest absolute Gasteiger partial charge is 0.248 e. The first kappa shape index (κ1) is 11.4. The van der Waals surface area contributed by atoms with E-state index in [0.717, 1.165) is 12.8 Å². The Morgan fingerprint density at radius 3 is 2.45 bits per heavy atom. The van der Waals surface area contributed by atoms with Crippen LogP contribution in [0.3, 0.4) is 0 Å². The topological polar surface area (TPSA) is 0 Å². The number of alkyl halides is 1. The van der Waals surface area contributed by atoms with E-state index in [1.54, 1.807) is 6.92 Å². The summed E-state index contributed by atoms with van der Waals surface area (Å²) in [7, 11) is 0. The van der Waals surface area contributed by atoms with Crippen molar-refractivity contribution in [2.24, 2.45) is 5.92 Å². The minimum atomic E-state index is -0.634. The molecule has 0 unspecified atom stereocenters. The van der Waals surface area contributed by atoms with Crippen LogP contribution in [0.4, 0.5) is 4.39 Å². The Morgan fingerprint density at radius 2 is 2.00 bits per heavy atom. The zero-order chi connectivity index (χ0) is 8.69. The van der Waals surface area contributed by atoms with Crippen LogP contribution in [0.2, 0.25) is 0 Å². The van der Waals surface area contributed by atoms with E-state index in [2.05, 4.69) is 35.6 Å². The molecule has 2 heteroatoms. The molecule has 66 valence electrons. The highest BCUT2D eigenvalue weighted by atomic mass is 127. The van der Waals surface area contributed by atoms with Gasteiger partial charge in [-0.25, -0.2) is 4.39 Å². The maximum Gasteiger partial charge on any atom is 0.0973 e. The molecule has 0 saturated heterocycles. The normalized spacial score (nSPS) is 17.1. The van der Waals surface area contributed by atoms with E-state index in [-0.39, 0.29) is 0 Å². The molecule has 0 radical (unpaired) electrons. The fraction of sp³-hybridized carbons (Fsp3) is 0.778. The summed E-state index contributed by atoms with van der Waals surface area (Å²) in [6.45, 7) is 3.79. The van der Waals surface area contributed by atoms with Gasteiger partial charge in [0.25, 0.3) is 0 Å². The number of rotatable bonds is 5. The number of hydrogen-bond donors (Lipinski definition) is 0. The average molecular weight is 270 g/mol. The Hall–Kier alpha value is 0.400. The van der Waals surface area contributed by atoms with Gasteiger partial charge >= 0.3 is 0 Å². The lowest BCUT2D eigenvalue weighted by atomic mass is 10.0. The van der Waals surface area contributed by atoms with Crippen molar-refractivity contribution in [1.29, 1.82) is 0 Å². The van der Waals surface area contributed by atoms with Crippen molar-refractivity contribution in [2.75, 3.05) is 0 Å². The summed E-state index contributed by atoms with van der Waals surface area (Å²) in [4.78, 5) is 0. The van der Waals surface area contributed by atoms with Crippen LogP contribution in [0, 0.1) is 5.92 Å². The second-order valence-electron chi connectivity index (χ2n) is 3.01. The third-order valence-corrected chi connectivity index (χ3v) is 2.08. The number of allylic oxidation sites excluding steroid dienone is 1. The van der Waals surface area contributed by atoms with Crippen molar-refractivity contribution in [3.8, 4) is 0 Å². The van der Waals surface area contributed by atoms with Crippen LogP contribution in [-0.2, 0) is 0 Å². The molecule has 0 rings (SSSR count). The maximum atomic E-state index is 12.3. The van der Waals surface area contributed by atoms with Crippen molar-refractivity contribution >= 4 is 22.6 Å². The van der Waals surface area contributed by atoms with Crippen LogP contribution in [0.15, 0.2) is 10.2 Å². The molecule has 2 atom stereocenters. The Bertz CT molecular complexity index is 110. The maximum absolute atomic E-state index is 12.3. The van der Waals surface area contributed by atoms with Crippen molar-refractivity contribution in [2.45, 2.75) is 39.3 Å². The third-order valence-electron chi connectivity index (χ3n) is 1.66. The van der Waals surface area contributed by atoms with Crippen LogP contribution in [0.5, 0.6) is 0 Å². The predicted octanol–water partition coefficient (Wildman–Crippen LogP) is 4.10. The van der Waals surface area contributed by atoms with Crippen molar-refractivity contribution in [3.05, 3.63) is 10.2 Å². The minimum absolute atomic E-state index is 0.602. The van der Waals surface area contributed by atoms with E-state index >= 15 is 0 Å². The van der Waals surface area contributed by atoms with Crippen molar-refractivity contribution < 1.29 is 4.39 Å². The molecule has 0 spiro atoms. The zero-order valence-corrected chi connectivity index (χ0v) is 9.34. The molecule has 0 aliphatic carbocycles. The predicted molar refractivity (Wildman–Crippen MR) is 56.7 cm³/mol. The van der Waals surface area contributed by atoms with E-state index < -0.39 is 6.17 Å². The smallest absolute Gasteiger partial charge is 0.0973 e. The molecular formula is C9H16FI.